The molecule has 2 N–H and O–H groups in total. The number of hydrogen-bond donors (Lipinski definition) is 1. The van der Waals surface area contributed by atoms with Crippen molar-refractivity contribution < 1.29 is 14.3 Å². The van der Waals surface area contributed by atoms with E-state index < -0.39 is 5.97 Å². The molecule has 0 spiro atoms. The molecule has 2 aromatic rings. The molecule has 0 aliphatic rings. The van der Waals surface area contributed by atoms with Gasteiger partial charge in [0.05, 0.1) is 12.8 Å². The van der Waals surface area contributed by atoms with Gasteiger partial charge in [-0.05, 0) is 26.0 Å². The maximum absolute atomic E-state index is 12.3. The lowest BCUT2D eigenvalue weighted by molar-refractivity contribution is 0.0527. The van der Waals surface area contributed by atoms with Crippen molar-refractivity contribution in [1.29, 1.82) is 0 Å². The Bertz CT molecular complexity index is 661. The van der Waals surface area contributed by atoms with Gasteiger partial charge >= 0.3 is 5.97 Å². The summed E-state index contributed by atoms with van der Waals surface area (Å²) in [5.41, 5.74) is 7.29. The fourth-order valence-corrected chi connectivity index (χ4v) is 1.79. The Balaban J connectivity index is 2.35. The monoisotopic (exact) mass is 273 g/mol. The second kappa shape index (κ2) is 5.56. The number of benzene rings is 1. The molecule has 6 nitrogen and oxygen atoms in total. The average molecular weight is 273 g/mol. The maximum atomic E-state index is 12.3. The molecule has 0 aliphatic heterocycles. The van der Waals surface area contributed by atoms with Gasteiger partial charge in [-0.3, -0.25) is 4.79 Å². The summed E-state index contributed by atoms with van der Waals surface area (Å²) in [6.07, 6.45) is 1.24. The molecule has 0 atom stereocenters. The quantitative estimate of drug-likeness (QED) is 0.859. The van der Waals surface area contributed by atoms with Crippen molar-refractivity contribution in [3.05, 3.63) is 47.2 Å². The summed E-state index contributed by atoms with van der Waals surface area (Å²) in [6.45, 7) is 3.80. The summed E-state index contributed by atoms with van der Waals surface area (Å²) in [7, 11) is 0. The molecule has 1 aromatic heterocycles. The van der Waals surface area contributed by atoms with E-state index in [1.54, 1.807) is 25.1 Å². The van der Waals surface area contributed by atoms with Crippen LogP contribution < -0.4 is 5.73 Å². The van der Waals surface area contributed by atoms with Crippen LogP contribution in [0.4, 0.5) is 5.82 Å². The first-order valence-electron chi connectivity index (χ1n) is 6.16. The van der Waals surface area contributed by atoms with Gasteiger partial charge < -0.3 is 10.5 Å². The lowest BCUT2D eigenvalue weighted by atomic mass is 10.1. The number of ether oxygens (including phenoxy) is 1. The third-order valence-corrected chi connectivity index (χ3v) is 2.76. The Hall–Kier alpha value is -2.63. The number of hydrogen-bond acceptors (Lipinski definition) is 5. The molecule has 0 saturated carbocycles. The number of carbonyl (C=O) groups excluding carboxylic acids is 2. The van der Waals surface area contributed by atoms with Crippen molar-refractivity contribution in [1.82, 2.24) is 9.78 Å². The van der Waals surface area contributed by atoms with Gasteiger partial charge in [-0.1, -0.05) is 17.7 Å². The fraction of sp³-hybridized carbons (Fsp3) is 0.214. The van der Waals surface area contributed by atoms with Crippen LogP contribution in [0.25, 0.3) is 0 Å². The van der Waals surface area contributed by atoms with E-state index >= 15 is 0 Å². The summed E-state index contributed by atoms with van der Waals surface area (Å²) in [5.74, 6) is -0.995. The van der Waals surface area contributed by atoms with Crippen molar-refractivity contribution in [2.75, 3.05) is 12.3 Å². The number of carbonyl (C=O) groups is 2. The van der Waals surface area contributed by atoms with Crippen molar-refractivity contribution in [3.63, 3.8) is 0 Å². The molecule has 0 aliphatic carbocycles. The lowest BCUT2D eigenvalue weighted by Crippen LogP contribution is -2.17. The molecule has 0 fully saturated rings. The predicted octanol–water partition coefficient (Wildman–Crippen LogP) is 1.64. The first-order valence-corrected chi connectivity index (χ1v) is 6.16. The van der Waals surface area contributed by atoms with Gasteiger partial charge in [0.2, 0.25) is 0 Å². The van der Waals surface area contributed by atoms with Crippen LogP contribution in [0.2, 0.25) is 0 Å². The van der Waals surface area contributed by atoms with E-state index in [1.807, 2.05) is 13.0 Å². The Morgan fingerprint density at radius 2 is 2.15 bits per heavy atom. The largest absolute Gasteiger partial charge is 0.462 e. The fourth-order valence-electron chi connectivity index (χ4n) is 1.79. The van der Waals surface area contributed by atoms with Gasteiger partial charge in [0.1, 0.15) is 11.4 Å². The molecule has 0 saturated heterocycles. The average Bonchev–Trinajstić information content (AvgIpc) is 2.80. The minimum absolute atomic E-state index is 0.0186. The summed E-state index contributed by atoms with van der Waals surface area (Å²) in [4.78, 5) is 23.9. The Labute approximate surface area is 116 Å². The number of aryl methyl sites for hydroxylation is 1. The molecular weight excluding hydrogens is 258 g/mol. The summed E-state index contributed by atoms with van der Waals surface area (Å²) in [6, 6.07) is 7.05. The molecule has 0 radical (unpaired) electrons. The highest BCUT2D eigenvalue weighted by atomic mass is 16.5. The Kier molecular flexibility index (Phi) is 3.84. The Morgan fingerprint density at radius 1 is 1.40 bits per heavy atom. The number of nitrogens with zero attached hydrogens (tertiary/aromatic N) is 2. The third-order valence-electron chi connectivity index (χ3n) is 2.76. The molecule has 0 bridgehead atoms. The van der Waals surface area contributed by atoms with Gasteiger partial charge in [0, 0.05) is 5.56 Å². The van der Waals surface area contributed by atoms with Crippen LogP contribution in [0.3, 0.4) is 0 Å². The summed E-state index contributed by atoms with van der Waals surface area (Å²) < 4.78 is 5.84. The molecule has 6 heteroatoms. The number of aromatic nitrogens is 2. The van der Waals surface area contributed by atoms with Gasteiger partial charge in [-0.25, -0.2) is 4.79 Å². The topological polar surface area (TPSA) is 87.2 Å². The molecular formula is C14H15N3O3. The normalized spacial score (nSPS) is 10.3. The van der Waals surface area contributed by atoms with Crippen molar-refractivity contribution in [2.24, 2.45) is 0 Å². The highest BCUT2D eigenvalue weighted by molar-refractivity contribution is 6.01. The molecule has 1 aromatic carbocycles. The molecule has 1 heterocycles. The predicted molar refractivity (Wildman–Crippen MR) is 73.5 cm³/mol. The van der Waals surface area contributed by atoms with Crippen LogP contribution in [0.15, 0.2) is 30.5 Å². The van der Waals surface area contributed by atoms with E-state index in [0.717, 1.165) is 10.2 Å². The van der Waals surface area contributed by atoms with Crippen molar-refractivity contribution >= 4 is 17.7 Å². The number of nitrogens with two attached hydrogens (primary N) is 1. The van der Waals surface area contributed by atoms with E-state index in [-0.39, 0.29) is 23.9 Å². The third kappa shape index (κ3) is 2.54. The van der Waals surface area contributed by atoms with E-state index in [0.29, 0.717) is 5.56 Å². The summed E-state index contributed by atoms with van der Waals surface area (Å²) >= 11 is 0. The van der Waals surface area contributed by atoms with Crippen LogP contribution in [0.1, 0.15) is 33.2 Å². The van der Waals surface area contributed by atoms with Crippen LogP contribution in [-0.2, 0) is 4.74 Å². The standard InChI is InChI=1S/C14H15N3O3/c1-3-20-14(19)11-8-16-17(12(11)15)13(18)10-6-4-5-9(2)7-10/h4-8H,3,15H2,1-2H3. The summed E-state index contributed by atoms with van der Waals surface area (Å²) in [5, 5.41) is 3.87. The highest BCUT2D eigenvalue weighted by Gasteiger charge is 2.20. The van der Waals surface area contributed by atoms with E-state index in [9.17, 15) is 9.59 Å². The number of esters is 1. The molecule has 20 heavy (non-hydrogen) atoms. The molecule has 104 valence electrons. The number of nitrogen functional groups attached to an aromatic ring is 1. The van der Waals surface area contributed by atoms with Crippen molar-refractivity contribution in [3.8, 4) is 0 Å². The van der Waals surface area contributed by atoms with Gasteiger partial charge in [-0.2, -0.15) is 9.78 Å². The molecule has 0 unspecified atom stereocenters. The SMILES string of the molecule is CCOC(=O)c1cnn(C(=O)c2cccc(C)c2)c1N. The van der Waals surface area contributed by atoms with E-state index in [1.165, 1.54) is 6.20 Å². The second-order valence-corrected chi connectivity index (χ2v) is 4.25. The van der Waals surface area contributed by atoms with Crippen LogP contribution in [-0.4, -0.2) is 28.3 Å². The maximum Gasteiger partial charge on any atom is 0.343 e. The highest BCUT2D eigenvalue weighted by Crippen LogP contribution is 2.15. The van der Waals surface area contributed by atoms with Crippen LogP contribution >= 0.6 is 0 Å². The van der Waals surface area contributed by atoms with Gasteiger partial charge in [-0.15, -0.1) is 0 Å². The van der Waals surface area contributed by atoms with Crippen LogP contribution in [0.5, 0.6) is 0 Å². The molecule has 0 amide bonds. The second-order valence-electron chi connectivity index (χ2n) is 4.25. The first-order chi connectivity index (χ1) is 9.54. The Morgan fingerprint density at radius 3 is 2.80 bits per heavy atom. The van der Waals surface area contributed by atoms with Gasteiger partial charge in [0.15, 0.2) is 0 Å². The minimum Gasteiger partial charge on any atom is -0.462 e. The number of rotatable bonds is 3. The van der Waals surface area contributed by atoms with E-state index in [2.05, 4.69) is 5.10 Å². The first kappa shape index (κ1) is 13.8. The zero-order valence-corrected chi connectivity index (χ0v) is 11.3. The van der Waals surface area contributed by atoms with E-state index in [4.69, 9.17) is 10.5 Å². The van der Waals surface area contributed by atoms with Gasteiger partial charge in [0.25, 0.3) is 5.91 Å². The minimum atomic E-state index is -0.590. The smallest absolute Gasteiger partial charge is 0.343 e. The zero-order valence-electron chi connectivity index (χ0n) is 11.3. The number of anilines is 1. The van der Waals surface area contributed by atoms with Crippen molar-refractivity contribution in [2.45, 2.75) is 13.8 Å². The lowest BCUT2D eigenvalue weighted by Gasteiger charge is -2.05. The molecule has 2 rings (SSSR count). The van der Waals surface area contributed by atoms with Crippen LogP contribution in [0, 0.1) is 6.92 Å². The zero-order chi connectivity index (χ0) is 14.7.